The number of nitrogens with zero attached hydrogens (tertiary/aromatic N) is 2. The number of rotatable bonds is 4. The number of hydrogen-bond donors (Lipinski definition) is 1. The van der Waals surface area contributed by atoms with Crippen LogP contribution in [0.25, 0.3) is 0 Å². The SMILES string of the molecule is C[C@@H](NC(=O)N1CCN(Cc2ccco2)CC1)c1cccs1. The highest BCUT2D eigenvalue weighted by atomic mass is 32.1. The topological polar surface area (TPSA) is 48.7 Å². The minimum absolute atomic E-state index is 0.0264. The normalized spacial score (nSPS) is 17.4. The summed E-state index contributed by atoms with van der Waals surface area (Å²) in [6, 6.07) is 8.05. The summed E-state index contributed by atoms with van der Waals surface area (Å²) >= 11 is 1.67. The maximum atomic E-state index is 12.3. The molecule has 1 saturated heterocycles. The van der Waals surface area contributed by atoms with E-state index in [2.05, 4.69) is 16.3 Å². The molecule has 22 heavy (non-hydrogen) atoms. The summed E-state index contributed by atoms with van der Waals surface area (Å²) in [5, 5.41) is 5.11. The van der Waals surface area contributed by atoms with E-state index in [1.54, 1.807) is 17.6 Å². The summed E-state index contributed by atoms with van der Waals surface area (Å²) in [6.07, 6.45) is 1.70. The van der Waals surface area contributed by atoms with E-state index in [1.165, 1.54) is 4.88 Å². The molecule has 0 bridgehead atoms. The second-order valence-corrected chi connectivity index (χ2v) is 6.51. The molecule has 2 aromatic rings. The molecule has 0 aliphatic carbocycles. The van der Waals surface area contributed by atoms with Crippen LogP contribution in [0.2, 0.25) is 0 Å². The van der Waals surface area contributed by atoms with Gasteiger partial charge in [0.05, 0.1) is 18.8 Å². The number of urea groups is 1. The van der Waals surface area contributed by atoms with Crippen LogP contribution in [0.1, 0.15) is 23.6 Å². The van der Waals surface area contributed by atoms with Crippen molar-refractivity contribution in [3.8, 4) is 0 Å². The Morgan fingerprint density at radius 1 is 1.32 bits per heavy atom. The van der Waals surface area contributed by atoms with Crippen LogP contribution in [0, 0.1) is 0 Å². The van der Waals surface area contributed by atoms with E-state index in [-0.39, 0.29) is 12.1 Å². The van der Waals surface area contributed by atoms with E-state index in [0.717, 1.165) is 38.5 Å². The molecule has 5 nitrogen and oxygen atoms in total. The first-order valence-electron chi connectivity index (χ1n) is 7.56. The van der Waals surface area contributed by atoms with Crippen LogP contribution in [-0.4, -0.2) is 42.0 Å². The van der Waals surface area contributed by atoms with Crippen molar-refractivity contribution < 1.29 is 9.21 Å². The summed E-state index contributed by atoms with van der Waals surface area (Å²) in [7, 11) is 0. The average molecular weight is 319 g/mol. The lowest BCUT2D eigenvalue weighted by atomic mass is 10.2. The minimum atomic E-state index is 0.0264. The van der Waals surface area contributed by atoms with Crippen LogP contribution in [0.15, 0.2) is 40.3 Å². The Morgan fingerprint density at radius 2 is 2.14 bits per heavy atom. The smallest absolute Gasteiger partial charge is 0.317 e. The van der Waals surface area contributed by atoms with Crippen molar-refractivity contribution in [3.63, 3.8) is 0 Å². The molecule has 2 aromatic heterocycles. The molecule has 0 spiro atoms. The summed E-state index contributed by atoms with van der Waals surface area (Å²) in [5.41, 5.74) is 0. The minimum Gasteiger partial charge on any atom is -0.468 e. The van der Waals surface area contributed by atoms with E-state index in [0.29, 0.717) is 0 Å². The molecule has 0 aromatic carbocycles. The third-order valence-corrected chi connectivity index (χ3v) is 4.98. The number of carbonyl (C=O) groups is 1. The lowest BCUT2D eigenvalue weighted by Gasteiger charge is -2.34. The fraction of sp³-hybridized carbons (Fsp3) is 0.438. The van der Waals surface area contributed by atoms with E-state index in [4.69, 9.17) is 4.42 Å². The van der Waals surface area contributed by atoms with Crippen LogP contribution >= 0.6 is 11.3 Å². The number of hydrogen-bond acceptors (Lipinski definition) is 4. The molecule has 3 heterocycles. The predicted octanol–water partition coefficient (Wildman–Crippen LogP) is 2.93. The molecular weight excluding hydrogens is 298 g/mol. The summed E-state index contributed by atoms with van der Waals surface area (Å²) < 4.78 is 5.37. The second kappa shape index (κ2) is 6.98. The van der Waals surface area contributed by atoms with E-state index >= 15 is 0 Å². The maximum Gasteiger partial charge on any atom is 0.317 e. The Hall–Kier alpha value is -1.79. The number of nitrogens with one attached hydrogen (secondary N) is 1. The summed E-state index contributed by atoms with van der Waals surface area (Å²) in [5.74, 6) is 0.976. The van der Waals surface area contributed by atoms with Gasteiger partial charge in [-0.1, -0.05) is 6.07 Å². The third-order valence-electron chi connectivity index (χ3n) is 3.93. The molecule has 0 radical (unpaired) electrons. The number of piperazine rings is 1. The number of furan rings is 1. The fourth-order valence-electron chi connectivity index (χ4n) is 2.62. The highest BCUT2D eigenvalue weighted by Gasteiger charge is 2.22. The number of amides is 2. The van der Waals surface area contributed by atoms with Gasteiger partial charge in [-0.15, -0.1) is 11.3 Å². The molecule has 1 fully saturated rings. The van der Waals surface area contributed by atoms with Gasteiger partial charge in [-0.3, -0.25) is 4.90 Å². The molecule has 118 valence electrons. The quantitative estimate of drug-likeness (QED) is 0.942. The highest BCUT2D eigenvalue weighted by Crippen LogP contribution is 2.18. The van der Waals surface area contributed by atoms with Crippen molar-refractivity contribution in [2.45, 2.75) is 19.5 Å². The van der Waals surface area contributed by atoms with Gasteiger partial charge < -0.3 is 14.6 Å². The Kier molecular flexibility index (Phi) is 4.80. The zero-order chi connectivity index (χ0) is 15.4. The van der Waals surface area contributed by atoms with Crippen LogP contribution < -0.4 is 5.32 Å². The Morgan fingerprint density at radius 3 is 2.77 bits per heavy atom. The molecule has 2 amide bonds. The molecule has 1 atom stereocenters. The van der Waals surface area contributed by atoms with Crippen molar-refractivity contribution in [2.24, 2.45) is 0 Å². The molecule has 0 saturated carbocycles. The van der Waals surface area contributed by atoms with Gasteiger partial charge in [-0.05, 0) is 30.5 Å². The molecule has 1 N–H and O–H groups in total. The first kappa shape index (κ1) is 15.1. The summed E-state index contributed by atoms with van der Waals surface area (Å²) in [4.78, 5) is 17.7. The van der Waals surface area contributed by atoms with Crippen LogP contribution in [0.5, 0.6) is 0 Å². The van der Waals surface area contributed by atoms with E-state index in [1.807, 2.05) is 35.4 Å². The molecule has 1 aliphatic rings. The van der Waals surface area contributed by atoms with Crippen LogP contribution in [-0.2, 0) is 6.54 Å². The zero-order valence-corrected chi connectivity index (χ0v) is 13.5. The molecule has 1 aliphatic heterocycles. The standard InChI is InChI=1S/C16H21N3O2S/c1-13(15-5-3-11-22-15)17-16(20)19-8-6-18(7-9-19)12-14-4-2-10-21-14/h2-5,10-11,13H,6-9,12H2,1H3,(H,17,20)/t13-/m1/s1. The van der Waals surface area contributed by atoms with E-state index in [9.17, 15) is 4.79 Å². The van der Waals surface area contributed by atoms with Gasteiger partial charge in [0.15, 0.2) is 0 Å². The zero-order valence-electron chi connectivity index (χ0n) is 12.7. The number of carbonyl (C=O) groups excluding carboxylic acids is 1. The number of thiophene rings is 1. The van der Waals surface area contributed by atoms with Gasteiger partial charge in [0, 0.05) is 31.1 Å². The Balaban J connectivity index is 1.45. The van der Waals surface area contributed by atoms with Gasteiger partial charge in [0.2, 0.25) is 0 Å². The monoisotopic (exact) mass is 319 g/mol. The van der Waals surface area contributed by atoms with Crippen molar-refractivity contribution in [3.05, 3.63) is 46.5 Å². The maximum absolute atomic E-state index is 12.3. The summed E-state index contributed by atoms with van der Waals surface area (Å²) in [6.45, 7) is 6.10. The molecule has 0 unspecified atom stereocenters. The van der Waals surface area contributed by atoms with Crippen molar-refractivity contribution >= 4 is 17.4 Å². The lowest BCUT2D eigenvalue weighted by molar-refractivity contribution is 0.129. The van der Waals surface area contributed by atoms with Gasteiger partial charge in [0.25, 0.3) is 0 Å². The van der Waals surface area contributed by atoms with E-state index < -0.39 is 0 Å². The Labute approximate surface area is 134 Å². The third kappa shape index (κ3) is 3.69. The average Bonchev–Trinajstić information content (AvgIpc) is 3.21. The van der Waals surface area contributed by atoms with Crippen LogP contribution in [0.3, 0.4) is 0 Å². The first-order valence-corrected chi connectivity index (χ1v) is 8.44. The van der Waals surface area contributed by atoms with Gasteiger partial charge in [-0.25, -0.2) is 4.79 Å². The van der Waals surface area contributed by atoms with Gasteiger partial charge >= 0.3 is 6.03 Å². The molecular formula is C16H21N3O2S. The molecule has 6 heteroatoms. The fourth-order valence-corrected chi connectivity index (χ4v) is 3.35. The largest absolute Gasteiger partial charge is 0.468 e. The highest BCUT2D eigenvalue weighted by molar-refractivity contribution is 7.10. The molecule has 3 rings (SSSR count). The Bertz CT molecular complexity index is 575. The second-order valence-electron chi connectivity index (χ2n) is 5.53. The van der Waals surface area contributed by atoms with Crippen molar-refractivity contribution in [1.29, 1.82) is 0 Å². The predicted molar refractivity (Wildman–Crippen MR) is 86.8 cm³/mol. The van der Waals surface area contributed by atoms with Crippen molar-refractivity contribution in [1.82, 2.24) is 15.1 Å². The van der Waals surface area contributed by atoms with Gasteiger partial charge in [0.1, 0.15) is 5.76 Å². The first-order chi connectivity index (χ1) is 10.7. The van der Waals surface area contributed by atoms with Gasteiger partial charge in [-0.2, -0.15) is 0 Å². The van der Waals surface area contributed by atoms with Crippen molar-refractivity contribution in [2.75, 3.05) is 26.2 Å². The lowest BCUT2D eigenvalue weighted by Crippen LogP contribution is -2.51. The van der Waals surface area contributed by atoms with Crippen LogP contribution in [0.4, 0.5) is 4.79 Å².